The fraction of sp³-hybridized carbons (Fsp3) is 0.350. The van der Waals surface area contributed by atoms with Crippen molar-refractivity contribution in [3.05, 3.63) is 65.0 Å². The number of hydrogen-bond acceptors (Lipinski definition) is 3. The smallest absolute Gasteiger partial charge is 0.378 e. The summed E-state index contributed by atoms with van der Waals surface area (Å²) in [5, 5.41) is 0. The number of hydrogen-bond donors (Lipinski definition) is 0. The van der Waals surface area contributed by atoms with Crippen molar-refractivity contribution in [2.45, 2.75) is 19.0 Å². The SMILES string of the molecule is O=C(CCc1cccc(C(F)(F)F)c1F)c1ccc(N2CCOCC2)cc1. The molecular weight excluding hydrogens is 362 g/mol. The topological polar surface area (TPSA) is 29.5 Å². The van der Waals surface area contributed by atoms with E-state index in [9.17, 15) is 22.4 Å². The largest absolute Gasteiger partial charge is 0.419 e. The van der Waals surface area contributed by atoms with Gasteiger partial charge in [-0.25, -0.2) is 4.39 Å². The predicted octanol–water partition coefficient (Wildman–Crippen LogP) is 4.50. The summed E-state index contributed by atoms with van der Waals surface area (Å²) in [4.78, 5) is 14.5. The zero-order chi connectivity index (χ0) is 19.4. The second-order valence-electron chi connectivity index (χ2n) is 6.35. The third-order valence-electron chi connectivity index (χ3n) is 4.57. The molecule has 1 saturated heterocycles. The van der Waals surface area contributed by atoms with Crippen LogP contribution < -0.4 is 4.90 Å². The van der Waals surface area contributed by atoms with Crippen molar-refractivity contribution in [2.24, 2.45) is 0 Å². The quantitative estimate of drug-likeness (QED) is 0.564. The third-order valence-corrected chi connectivity index (χ3v) is 4.57. The van der Waals surface area contributed by atoms with Gasteiger partial charge in [0.1, 0.15) is 5.82 Å². The van der Waals surface area contributed by atoms with Crippen LogP contribution in [0.2, 0.25) is 0 Å². The number of Topliss-reactive ketones (excluding diaryl/α,β-unsaturated/α-hetero) is 1. The first kappa shape index (κ1) is 19.4. The molecular formula is C20H19F4NO2. The van der Waals surface area contributed by atoms with Gasteiger partial charge in [-0.2, -0.15) is 13.2 Å². The lowest BCUT2D eigenvalue weighted by atomic mass is 10.0. The standard InChI is InChI=1S/C20H19F4NO2/c21-19-15(2-1-3-17(19)20(22,23)24)6-9-18(26)14-4-7-16(8-5-14)25-10-12-27-13-11-25/h1-5,7-8H,6,9-13H2. The molecule has 2 aromatic carbocycles. The van der Waals surface area contributed by atoms with Crippen LogP contribution >= 0.6 is 0 Å². The van der Waals surface area contributed by atoms with E-state index in [1.165, 1.54) is 6.07 Å². The third kappa shape index (κ3) is 4.66. The molecule has 0 radical (unpaired) electrons. The molecule has 0 unspecified atom stereocenters. The van der Waals surface area contributed by atoms with E-state index < -0.39 is 17.6 Å². The number of anilines is 1. The van der Waals surface area contributed by atoms with Crippen molar-refractivity contribution < 1.29 is 27.1 Å². The van der Waals surface area contributed by atoms with Crippen LogP contribution in [-0.4, -0.2) is 32.1 Å². The first-order chi connectivity index (χ1) is 12.9. The summed E-state index contributed by atoms with van der Waals surface area (Å²) in [6.45, 7) is 2.87. The minimum atomic E-state index is -4.75. The molecule has 7 heteroatoms. The van der Waals surface area contributed by atoms with Crippen LogP contribution in [0.1, 0.15) is 27.9 Å². The Morgan fingerprint density at radius 3 is 2.33 bits per heavy atom. The first-order valence-corrected chi connectivity index (χ1v) is 8.67. The van der Waals surface area contributed by atoms with Crippen molar-refractivity contribution >= 4 is 11.5 Å². The average Bonchev–Trinajstić information content (AvgIpc) is 2.67. The molecule has 27 heavy (non-hydrogen) atoms. The Kier molecular flexibility index (Phi) is 5.79. The number of benzene rings is 2. The Hall–Kier alpha value is -2.41. The zero-order valence-electron chi connectivity index (χ0n) is 14.6. The molecule has 0 spiro atoms. The zero-order valence-corrected chi connectivity index (χ0v) is 14.6. The van der Waals surface area contributed by atoms with Gasteiger partial charge in [0.2, 0.25) is 0 Å². The van der Waals surface area contributed by atoms with Crippen molar-refractivity contribution in [3.63, 3.8) is 0 Å². The van der Waals surface area contributed by atoms with Crippen LogP contribution in [0.25, 0.3) is 0 Å². The number of alkyl halides is 3. The highest BCUT2D eigenvalue weighted by Crippen LogP contribution is 2.32. The maximum Gasteiger partial charge on any atom is 0.419 e. The van der Waals surface area contributed by atoms with E-state index in [0.717, 1.165) is 24.8 Å². The summed E-state index contributed by atoms with van der Waals surface area (Å²) < 4.78 is 57.6. The van der Waals surface area contributed by atoms with Crippen molar-refractivity contribution in [3.8, 4) is 0 Å². The van der Waals surface area contributed by atoms with Crippen LogP contribution in [0, 0.1) is 5.82 Å². The molecule has 3 rings (SSSR count). The molecule has 1 aliphatic heterocycles. The van der Waals surface area contributed by atoms with Crippen LogP contribution in [0.15, 0.2) is 42.5 Å². The van der Waals surface area contributed by atoms with Gasteiger partial charge in [0.15, 0.2) is 5.78 Å². The lowest BCUT2D eigenvalue weighted by Crippen LogP contribution is -2.36. The monoisotopic (exact) mass is 381 g/mol. The minimum Gasteiger partial charge on any atom is -0.378 e. The number of nitrogens with zero attached hydrogens (tertiary/aromatic N) is 1. The van der Waals surface area contributed by atoms with Crippen molar-refractivity contribution in [1.82, 2.24) is 0 Å². The molecule has 1 aliphatic rings. The molecule has 1 heterocycles. The summed E-state index contributed by atoms with van der Waals surface area (Å²) in [5.41, 5.74) is 0.0311. The molecule has 0 aliphatic carbocycles. The van der Waals surface area contributed by atoms with Crippen LogP contribution in [-0.2, 0) is 17.3 Å². The van der Waals surface area contributed by atoms with Gasteiger partial charge in [-0.05, 0) is 42.3 Å². The summed E-state index contributed by atoms with van der Waals surface area (Å²) in [7, 11) is 0. The van der Waals surface area contributed by atoms with E-state index in [4.69, 9.17) is 4.74 Å². The number of ether oxygens (including phenoxy) is 1. The lowest BCUT2D eigenvalue weighted by Gasteiger charge is -2.28. The maximum absolute atomic E-state index is 14.0. The lowest BCUT2D eigenvalue weighted by molar-refractivity contribution is -0.140. The number of ketones is 1. The summed E-state index contributed by atoms with van der Waals surface area (Å²) in [6, 6.07) is 10.2. The second-order valence-corrected chi connectivity index (χ2v) is 6.35. The van der Waals surface area contributed by atoms with Gasteiger partial charge < -0.3 is 9.64 Å². The molecule has 1 fully saturated rings. The fourth-order valence-electron chi connectivity index (χ4n) is 3.06. The van der Waals surface area contributed by atoms with Gasteiger partial charge in [-0.1, -0.05) is 12.1 Å². The summed E-state index contributed by atoms with van der Waals surface area (Å²) >= 11 is 0. The van der Waals surface area contributed by atoms with Gasteiger partial charge in [0, 0.05) is 30.8 Å². The van der Waals surface area contributed by atoms with Crippen LogP contribution in [0.5, 0.6) is 0 Å². The van der Waals surface area contributed by atoms with E-state index in [2.05, 4.69) is 4.90 Å². The van der Waals surface area contributed by atoms with Crippen LogP contribution in [0.4, 0.5) is 23.2 Å². The molecule has 2 aromatic rings. The highest BCUT2D eigenvalue weighted by Gasteiger charge is 2.34. The summed E-state index contributed by atoms with van der Waals surface area (Å²) in [6.07, 6.45) is -4.89. The molecule has 3 nitrogen and oxygen atoms in total. The van der Waals surface area contributed by atoms with E-state index in [1.807, 2.05) is 12.1 Å². The minimum absolute atomic E-state index is 0.0604. The van der Waals surface area contributed by atoms with Gasteiger partial charge in [-0.15, -0.1) is 0 Å². The van der Waals surface area contributed by atoms with E-state index >= 15 is 0 Å². The molecule has 0 saturated carbocycles. The van der Waals surface area contributed by atoms with E-state index in [1.54, 1.807) is 12.1 Å². The van der Waals surface area contributed by atoms with E-state index in [0.29, 0.717) is 24.8 Å². The van der Waals surface area contributed by atoms with Crippen molar-refractivity contribution in [1.29, 1.82) is 0 Å². The molecule has 0 atom stereocenters. The Bertz CT molecular complexity index is 797. The van der Waals surface area contributed by atoms with Gasteiger partial charge in [0.25, 0.3) is 0 Å². The molecule has 0 N–H and O–H groups in total. The maximum atomic E-state index is 14.0. The Morgan fingerprint density at radius 1 is 1.04 bits per heavy atom. The van der Waals surface area contributed by atoms with Crippen LogP contribution in [0.3, 0.4) is 0 Å². The molecule has 144 valence electrons. The second kappa shape index (κ2) is 8.08. The Morgan fingerprint density at radius 2 is 1.70 bits per heavy atom. The highest BCUT2D eigenvalue weighted by atomic mass is 19.4. The number of aryl methyl sites for hydroxylation is 1. The molecule has 0 aromatic heterocycles. The Labute approximate surface area is 154 Å². The van der Waals surface area contributed by atoms with Crippen molar-refractivity contribution in [2.75, 3.05) is 31.2 Å². The fourth-order valence-corrected chi connectivity index (χ4v) is 3.06. The number of carbonyl (C=O) groups excluding carboxylic acids is 1. The van der Waals surface area contributed by atoms with E-state index in [-0.39, 0.29) is 24.2 Å². The Balaban J connectivity index is 1.64. The highest BCUT2D eigenvalue weighted by molar-refractivity contribution is 5.96. The van der Waals surface area contributed by atoms with Gasteiger partial charge >= 0.3 is 6.18 Å². The number of carbonyl (C=O) groups is 1. The molecule has 0 bridgehead atoms. The normalized spacial score (nSPS) is 15.0. The number of rotatable bonds is 5. The number of morpholine rings is 1. The summed E-state index contributed by atoms with van der Waals surface area (Å²) in [5.74, 6) is -1.54. The molecule has 0 amide bonds. The van der Waals surface area contributed by atoms with Gasteiger partial charge in [-0.3, -0.25) is 4.79 Å². The first-order valence-electron chi connectivity index (χ1n) is 8.67. The predicted molar refractivity (Wildman–Crippen MR) is 93.5 cm³/mol. The average molecular weight is 381 g/mol. The van der Waals surface area contributed by atoms with Gasteiger partial charge in [0.05, 0.1) is 18.8 Å². The number of halogens is 4.